The standard InChI is InChI=1S/C12H10.C8H8N4/c1-3-7-11(8-4-1)12-9-5-2-6-10-12;1-7-2-4-8(5-3-7)12-10-6-9-11-12/h1-10H;2-6H,1H3. The van der Waals surface area contributed by atoms with E-state index in [2.05, 4.69) is 63.9 Å². The fourth-order valence-corrected chi connectivity index (χ4v) is 2.22. The predicted octanol–water partition coefficient (Wildman–Crippen LogP) is 4.32. The third-order valence-electron chi connectivity index (χ3n) is 3.49. The van der Waals surface area contributed by atoms with Crippen LogP contribution < -0.4 is 0 Å². The van der Waals surface area contributed by atoms with E-state index in [9.17, 15) is 0 Å². The first-order valence-electron chi connectivity index (χ1n) is 7.73. The van der Waals surface area contributed by atoms with Gasteiger partial charge in [-0.3, -0.25) is 0 Å². The molecular weight excluding hydrogens is 296 g/mol. The Kier molecular flexibility index (Phi) is 5.10. The maximum Gasteiger partial charge on any atom is 0.162 e. The van der Waals surface area contributed by atoms with Crippen LogP contribution in [0.3, 0.4) is 0 Å². The summed E-state index contributed by atoms with van der Waals surface area (Å²) in [5.74, 6) is 0. The molecule has 0 saturated carbocycles. The monoisotopic (exact) mass is 314 g/mol. The zero-order valence-electron chi connectivity index (χ0n) is 13.4. The van der Waals surface area contributed by atoms with E-state index < -0.39 is 0 Å². The third-order valence-corrected chi connectivity index (χ3v) is 3.49. The minimum atomic E-state index is 0.929. The summed E-state index contributed by atoms with van der Waals surface area (Å²) in [6.45, 7) is 2.04. The molecule has 118 valence electrons. The highest BCUT2D eigenvalue weighted by molar-refractivity contribution is 5.62. The van der Waals surface area contributed by atoms with Crippen LogP contribution >= 0.6 is 0 Å². The van der Waals surface area contributed by atoms with Crippen LogP contribution in [0.1, 0.15) is 5.56 Å². The summed E-state index contributed by atoms with van der Waals surface area (Å²) in [7, 11) is 0. The van der Waals surface area contributed by atoms with Crippen molar-refractivity contribution in [2.75, 3.05) is 0 Å². The molecule has 0 spiro atoms. The van der Waals surface area contributed by atoms with Crippen LogP contribution in [-0.2, 0) is 0 Å². The molecule has 0 saturated heterocycles. The Labute approximate surface area is 141 Å². The van der Waals surface area contributed by atoms with Gasteiger partial charge in [-0.25, -0.2) is 0 Å². The van der Waals surface area contributed by atoms with Crippen molar-refractivity contribution in [3.8, 4) is 16.8 Å². The highest BCUT2D eigenvalue weighted by Crippen LogP contribution is 2.17. The number of benzene rings is 3. The molecule has 4 nitrogen and oxygen atoms in total. The molecule has 0 aliphatic heterocycles. The smallest absolute Gasteiger partial charge is 0.135 e. The Morgan fingerprint density at radius 3 is 1.67 bits per heavy atom. The first-order chi connectivity index (χ1) is 11.8. The second kappa shape index (κ2) is 7.83. The zero-order valence-corrected chi connectivity index (χ0v) is 13.4. The van der Waals surface area contributed by atoms with Crippen LogP contribution in [0.5, 0.6) is 0 Å². The first-order valence-corrected chi connectivity index (χ1v) is 7.73. The maximum atomic E-state index is 3.91. The number of tetrazole rings is 1. The molecule has 0 N–H and O–H groups in total. The van der Waals surface area contributed by atoms with Gasteiger partial charge >= 0.3 is 0 Å². The Bertz CT molecular complexity index is 802. The summed E-state index contributed by atoms with van der Waals surface area (Å²) in [5.41, 5.74) is 4.70. The highest BCUT2D eigenvalue weighted by Gasteiger charge is 1.95. The van der Waals surface area contributed by atoms with E-state index in [0.717, 1.165) is 5.69 Å². The van der Waals surface area contributed by atoms with E-state index in [-0.39, 0.29) is 0 Å². The van der Waals surface area contributed by atoms with E-state index in [0.29, 0.717) is 0 Å². The normalized spacial score (nSPS) is 9.88. The van der Waals surface area contributed by atoms with Crippen molar-refractivity contribution >= 4 is 0 Å². The van der Waals surface area contributed by atoms with Gasteiger partial charge in [-0.05, 0) is 35.4 Å². The summed E-state index contributed by atoms with van der Waals surface area (Å²) in [6.07, 6.45) is 1.42. The molecule has 24 heavy (non-hydrogen) atoms. The fraction of sp³-hybridized carbons (Fsp3) is 0.0500. The van der Waals surface area contributed by atoms with Gasteiger partial charge in [0.25, 0.3) is 0 Å². The lowest BCUT2D eigenvalue weighted by Crippen LogP contribution is -1.98. The number of hydrogen-bond donors (Lipinski definition) is 0. The second-order valence-electron chi connectivity index (χ2n) is 5.29. The average molecular weight is 314 g/mol. The average Bonchev–Trinajstić information content (AvgIpc) is 3.19. The van der Waals surface area contributed by atoms with Crippen molar-refractivity contribution in [1.82, 2.24) is 20.2 Å². The summed E-state index contributed by atoms with van der Waals surface area (Å²) in [5, 5.41) is 11.3. The first kappa shape index (κ1) is 15.6. The molecule has 0 radical (unpaired) electrons. The molecule has 0 bridgehead atoms. The molecule has 0 amide bonds. The Morgan fingerprint density at radius 1 is 0.667 bits per heavy atom. The lowest BCUT2D eigenvalue weighted by atomic mass is 10.1. The van der Waals surface area contributed by atoms with Crippen molar-refractivity contribution in [3.05, 3.63) is 96.8 Å². The van der Waals surface area contributed by atoms with E-state index in [4.69, 9.17) is 0 Å². The summed E-state index contributed by atoms with van der Waals surface area (Å²) < 4.78 is 0. The number of hydrogen-bond acceptors (Lipinski definition) is 3. The quantitative estimate of drug-likeness (QED) is 0.553. The van der Waals surface area contributed by atoms with Gasteiger partial charge in [0.15, 0.2) is 6.33 Å². The summed E-state index contributed by atoms with van der Waals surface area (Å²) in [4.78, 5) is 1.49. The Balaban J connectivity index is 0.000000141. The van der Waals surface area contributed by atoms with Crippen LogP contribution in [0.2, 0.25) is 0 Å². The van der Waals surface area contributed by atoms with E-state index in [1.807, 2.05) is 43.3 Å². The molecule has 0 fully saturated rings. The van der Waals surface area contributed by atoms with Crippen molar-refractivity contribution in [3.63, 3.8) is 0 Å². The summed E-state index contributed by atoms with van der Waals surface area (Å²) >= 11 is 0. The van der Waals surface area contributed by atoms with Gasteiger partial charge in [-0.15, -0.1) is 15.0 Å². The van der Waals surface area contributed by atoms with Gasteiger partial charge in [-0.2, -0.15) is 0 Å². The van der Waals surface area contributed by atoms with Crippen molar-refractivity contribution < 1.29 is 0 Å². The molecule has 4 rings (SSSR count). The van der Waals surface area contributed by atoms with E-state index in [1.165, 1.54) is 27.8 Å². The van der Waals surface area contributed by atoms with Crippen LogP contribution in [-0.4, -0.2) is 20.2 Å². The number of rotatable bonds is 2. The van der Waals surface area contributed by atoms with E-state index in [1.54, 1.807) is 0 Å². The Hall–Kier alpha value is -3.27. The molecule has 4 heteroatoms. The minimum absolute atomic E-state index is 0.929. The van der Waals surface area contributed by atoms with Gasteiger partial charge in [0, 0.05) is 0 Å². The van der Waals surface area contributed by atoms with Crippen LogP contribution in [0.25, 0.3) is 16.8 Å². The minimum Gasteiger partial charge on any atom is -0.135 e. The highest BCUT2D eigenvalue weighted by atomic mass is 15.6. The number of nitrogens with zero attached hydrogens (tertiary/aromatic N) is 4. The van der Waals surface area contributed by atoms with Gasteiger partial charge in [0.1, 0.15) is 0 Å². The van der Waals surface area contributed by atoms with Crippen molar-refractivity contribution in [1.29, 1.82) is 0 Å². The third kappa shape index (κ3) is 4.14. The molecular formula is C20H18N4. The topological polar surface area (TPSA) is 43.6 Å². The molecule has 0 aliphatic carbocycles. The van der Waals surface area contributed by atoms with Crippen LogP contribution in [0.4, 0.5) is 0 Å². The largest absolute Gasteiger partial charge is 0.162 e. The van der Waals surface area contributed by atoms with Gasteiger partial charge in [0.05, 0.1) is 5.69 Å². The predicted molar refractivity (Wildman–Crippen MR) is 95.8 cm³/mol. The zero-order chi connectivity index (χ0) is 16.6. The van der Waals surface area contributed by atoms with Crippen LogP contribution in [0.15, 0.2) is 91.3 Å². The second-order valence-corrected chi connectivity index (χ2v) is 5.29. The van der Waals surface area contributed by atoms with Gasteiger partial charge < -0.3 is 0 Å². The maximum absolute atomic E-state index is 3.91. The van der Waals surface area contributed by atoms with Crippen molar-refractivity contribution in [2.45, 2.75) is 6.92 Å². The Morgan fingerprint density at radius 2 is 1.21 bits per heavy atom. The number of aryl methyl sites for hydroxylation is 1. The SMILES string of the molecule is Cc1ccc(-n2ncnn2)cc1.c1ccc(-c2ccccc2)cc1. The molecule has 4 aromatic rings. The van der Waals surface area contributed by atoms with Crippen molar-refractivity contribution in [2.24, 2.45) is 0 Å². The molecule has 0 aliphatic rings. The number of aromatic nitrogens is 4. The molecule has 1 heterocycles. The lowest BCUT2D eigenvalue weighted by Gasteiger charge is -1.98. The molecule has 0 atom stereocenters. The summed E-state index contributed by atoms with van der Waals surface area (Å²) in [6, 6.07) is 28.7. The lowest BCUT2D eigenvalue weighted by molar-refractivity contribution is 0.719. The van der Waals surface area contributed by atoms with E-state index >= 15 is 0 Å². The van der Waals surface area contributed by atoms with Crippen LogP contribution in [0, 0.1) is 6.92 Å². The molecule has 3 aromatic carbocycles. The molecule has 0 unspecified atom stereocenters. The fourth-order valence-electron chi connectivity index (χ4n) is 2.22. The molecule has 1 aromatic heterocycles. The van der Waals surface area contributed by atoms with Gasteiger partial charge in [0.2, 0.25) is 0 Å². The van der Waals surface area contributed by atoms with Gasteiger partial charge in [-0.1, -0.05) is 78.4 Å².